The van der Waals surface area contributed by atoms with Crippen LogP contribution in [0, 0.1) is 11.3 Å². The van der Waals surface area contributed by atoms with Crippen LogP contribution in [0.2, 0.25) is 0 Å². The van der Waals surface area contributed by atoms with E-state index in [1.54, 1.807) is 0 Å². The quantitative estimate of drug-likeness (QED) is 0.678. The van der Waals surface area contributed by atoms with Gasteiger partial charge in [0.25, 0.3) is 0 Å². The molecular formula is C26H31N3O2. The van der Waals surface area contributed by atoms with E-state index in [2.05, 4.69) is 38.1 Å². The lowest BCUT2D eigenvalue weighted by molar-refractivity contribution is -0.125. The van der Waals surface area contributed by atoms with Gasteiger partial charge >= 0.3 is 0 Å². The van der Waals surface area contributed by atoms with Crippen molar-refractivity contribution in [3.05, 3.63) is 54.1 Å². The maximum absolute atomic E-state index is 13.5. The predicted molar refractivity (Wildman–Crippen MR) is 126 cm³/mol. The summed E-state index contributed by atoms with van der Waals surface area (Å²) in [4.78, 5) is 35.7. The number of fused-ring (bicyclic) bond motifs is 2. The predicted octanol–water partition coefficient (Wildman–Crippen LogP) is 5.33. The molecule has 162 valence electrons. The Kier molecular flexibility index (Phi) is 5.46. The molecule has 1 aliphatic heterocycles. The van der Waals surface area contributed by atoms with Gasteiger partial charge in [0, 0.05) is 38.3 Å². The van der Waals surface area contributed by atoms with Crippen LogP contribution in [0.5, 0.6) is 0 Å². The summed E-state index contributed by atoms with van der Waals surface area (Å²) < 4.78 is 0. The minimum absolute atomic E-state index is 0.00298. The molecule has 0 N–H and O–H groups in total. The fourth-order valence-corrected chi connectivity index (χ4v) is 4.88. The van der Waals surface area contributed by atoms with Crippen molar-refractivity contribution in [2.45, 2.75) is 46.1 Å². The van der Waals surface area contributed by atoms with Crippen molar-refractivity contribution in [3.63, 3.8) is 0 Å². The Morgan fingerprint density at radius 1 is 1.10 bits per heavy atom. The van der Waals surface area contributed by atoms with Crippen LogP contribution in [-0.4, -0.2) is 31.5 Å². The van der Waals surface area contributed by atoms with Crippen molar-refractivity contribution < 1.29 is 9.59 Å². The molecular weight excluding hydrogens is 386 g/mol. The van der Waals surface area contributed by atoms with Crippen molar-refractivity contribution in [1.29, 1.82) is 0 Å². The third-order valence-corrected chi connectivity index (χ3v) is 6.34. The number of carbonyl (C=O) groups excluding carboxylic acids is 2. The summed E-state index contributed by atoms with van der Waals surface area (Å²) in [5.41, 5.74) is 4.35. The highest BCUT2D eigenvalue weighted by molar-refractivity contribution is 6.13. The van der Waals surface area contributed by atoms with Gasteiger partial charge in [-0.3, -0.25) is 14.6 Å². The molecule has 1 heterocycles. The van der Waals surface area contributed by atoms with E-state index in [9.17, 15) is 9.59 Å². The second kappa shape index (κ2) is 7.95. The fourth-order valence-electron chi connectivity index (χ4n) is 4.88. The van der Waals surface area contributed by atoms with Gasteiger partial charge in [-0.15, -0.1) is 0 Å². The highest BCUT2D eigenvalue weighted by atomic mass is 16.2. The number of nitrogens with zero attached hydrogens (tertiary/aromatic N) is 3. The van der Waals surface area contributed by atoms with Crippen LogP contribution in [-0.2, 0) is 9.59 Å². The maximum Gasteiger partial charge on any atom is 0.227 e. The number of para-hydroxylation sites is 2. The van der Waals surface area contributed by atoms with Gasteiger partial charge < -0.3 is 9.80 Å². The molecule has 0 saturated heterocycles. The second-order valence-corrected chi connectivity index (χ2v) is 9.60. The Hall–Kier alpha value is -2.95. The van der Waals surface area contributed by atoms with E-state index in [0.717, 1.165) is 34.8 Å². The normalized spacial score (nSPS) is 22.2. The molecule has 0 aromatic heterocycles. The molecule has 5 heteroatoms. The largest absolute Gasteiger partial charge is 0.378 e. The first-order chi connectivity index (χ1) is 14.7. The molecule has 2 aromatic rings. The molecule has 0 spiro atoms. The van der Waals surface area contributed by atoms with Gasteiger partial charge in [0.05, 0.1) is 23.3 Å². The van der Waals surface area contributed by atoms with Crippen LogP contribution in [0.1, 0.15) is 51.6 Å². The van der Waals surface area contributed by atoms with Crippen LogP contribution in [0.3, 0.4) is 0 Å². The smallest absolute Gasteiger partial charge is 0.227 e. The first kappa shape index (κ1) is 21.3. The molecule has 1 fully saturated rings. The lowest BCUT2D eigenvalue weighted by Gasteiger charge is -2.41. The monoisotopic (exact) mass is 417 g/mol. The van der Waals surface area contributed by atoms with Crippen LogP contribution < -0.4 is 9.80 Å². The molecule has 1 aliphatic carbocycles. The third kappa shape index (κ3) is 3.89. The molecule has 2 aromatic carbocycles. The summed E-state index contributed by atoms with van der Waals surface area (Å²) in [6.45, 7) is 6.11. The number of Topliss-reactive ketones (excluding diaryl/α,β-unsaturated/α-hetero) is 1. The number of hydrogen-bond donors (Lipinski definition) is 0. The number of benzene rings is 2. The summed E-state index contributed by atoms with van der Waals surface area (Å²) in [7, 11) is 4.00. The first-order valence-corrected chi connectivity index (χ1v) is 11.0. The van der Waals surface area contributed by atoms with Gasteiger partial charge in [0.2, 0.25) is 5.91 Å². The Balaban J connectivity index is 1.94. The summed E-state index contributed by atoms with van der Waals surface area (Å²) in [6.07, 6.45) is 1.61. The Labute approximate surface area is 184 Å². The number of ketones is 1. The lowest BCUT2D eigenvalue weighted by Crippen LogP contribution is -2.47. The number of amides is 1. The van der Waals surface area contributed by atoms with Gasteiger partial charge in [-0.1, -0.05) is 45.0 Å². The van der Waals surface area contributed by atoms with Crippen molar-refractivity contribution >= 4 is 34.5 Å². The molecule has 1 amide bonds. The molecule has 1 unspecified atom stereocenters. The first-order valence-electron chi connectivity index (χ1n) is 11.0. The number of hydrogen-bond acceptors (Lipinski definition) is 4. The maximum atomic E-state index is 13.5. The molecule has 2 aliphatic rings. The van der Waals surface area contributed by atoms with Crippen LogP contribution in [0.25, 0.3) is 0 Å². The Morgan fingerprint density at radius 2 is 1.77 bits per heavy atom. The van der Waals surface area contributed by atoms with Gasteiger partial charge in [0.15, 0.2) is 0 Å². The molecule has 2 atom stereocenters. The fraction of sp³-hybridized carbons (Fsp3) is 0.423. The van der Waals surface area contributed by atoms with E-state index in [1.807, 2.05) is 55.1 Å². The summed E-state index contributed by atoms with van der Waals surface area (Å²) in [5.74, 6) is -0.261. The third-order valence-electron chi connectivity index (χ3n) is 6.34. The molecule has 4 rings (SSSR count). The number of aliphatic imine (C=N–C) groups is 1. The van der Waals surface area contributed by atoms with E-state index >= 15 is 0 Å². The molecule has 31 heavy (non-hydrogen) atoms. The van der Waals surface area contributed by atoms with Gasteiger partial charge in [-0.25, -0.2) is 0 Å². The Bertz CT molecular complexity index is 1040. The average molecular weight is 418 g/mol. The number of carbonyl (C=O) groups is 2. The van der Waals surface area contributed by atoms with E-state index in [4.69, 9.17) is 4.99 Å². The summed E-state index contributed by atoms with van der Waals surface area (Å²) in [5, 5.41) is 0. The molecule has 5 nitrogen and oxygen atoms in total. The van der Waals surface area contributed by atoms with E-state index in [0.29, 0.717) is 12.8 Å². The lowest BCUT2D eigenvalue weighted by atomic mass is 9.68. The molecule has 0 radical (unpaired) electrons. The van der Waals surface area contributed by atoms with Crippen molar-refractivity contribution in [3.8, 4) is 0 Å². The van der Waals surface area contributed by atoms with Gasteiger partial charge in [-0.2, -0.15) is 0 Å². The minimum atomic E-state index is -0.430. The van der Waals surface area contributed by atoms with Crippen LogP contribution >= 0.6 is 0 Å². The SMILES string of the molecule is CCC(=O)N1c2ccccc2N=C2CC(C)(C)CC(=O)C2[C@H]1c1ccc(N(C)C)cc1. The summed E-state index contributed by atoms with van der Waals surface area (Å²) >= 11 is 0. The number of anilines is 2. The van der Waals surface area contributed by atoms with Crippen LogP contribution in [0.4, 0.5) is 17.1 Å². The molecule has 0 bridgehead atoms. The second-order valence-electron chi connectivity index (χ2n) is 9.60. The van der Waals surface area contributed by atoms with Crippen molar-refractivity contribution in [2.75, 3.05) is 23.9 Å². The number of rotatable bonds is 3. The zero-order valence-corrected chi connectivity index (χ0v) is 19.1. The van der Waals surface area contributed by atoms with Gasteiger partial charge in [-0.05, 0) is 41.7 Å². The van der Waals surface area contributed by atoms with Gasteiger partial charge in [0.1, 0.15) is 5.78 Å². The highest BCUT2D eigenvalue weighted by Crippen LogP contribution is 2.48. The standard InChI is InChI=1S/C26H31N3O2/c1-6-23(31)29-21-10-8-7-9-19(21)27-20-15-26(2,3)16-22(30)24(20)25(29)17-11-13-18(14-12-17)28(4)5/h7-14,24-25H,6,15-16H2,1-5H3/t24?,25-/m1/s1. The van der Waals surface area contributed by atoms with E-state index in [1.165, 1.54) is 0 Å². The van der Waals surface area contributed by atoms with Crippen molar-refractivity contribution in [1.82, 2.24) is 0 Å². The topological polar surface area (TPSA) is 53.0 Å². The average Bonchev–Trinajstić information content (AvgIpc) is 2.86. The highest BCUT2D eigenvalue weighted by Gasteiger charge is 2.47. The minimum Gasteiger partial charge on any atom is -0.378 e. The van der Waals surface area contributed by atoms with Crippen molar-refractivity contribution in [2.24, 2.45) is 16.3 Å². The Morgan fingerprint density at radius 3 is 2.42 bits per heavy atom. The summed E-state index contributed by atoms with van der Waals surface area (Å²) in [6, 6.07) is 15.6. The van der Waals surface area contributed by atoms with E-state index < -0.39 is 12.0 Å². The zero-order valence-electron chi connectivity index (χ0n) is 19.1. The zero-order chi connectivity index (χ0) is 22.3. The van der Waals surface area contributed by atoms with Crippen LogP contribution in [0.15, 0.2) is 53.5 Å². The molecule has 1 saturated carbocycles. The van der Waals surface area contributed by atoms with E-state index in [-0.39, 0.29) is 17.1 Å².